The standard InChI is InChI=1S/C14H17F3N2O2/c1-2-21-14(20)19-5-3-10(4-6-19)18-12-8-9(15)7-11(16)13(12)17/h7-8,10,18H,2-6H2,1H3. The van der Waals surface area contributed by atoms with Gasteiger partial charge >= 0.3 is 6.09 Å². The lowest BCUT2D eigenvalue weighted by Crippen LogP contribution is -2.42. The molecule has 0 aliphatic carbocycles. The van der Waals surface area contributed by atoms with E-state index in [1.807, 2.05) is 0 Å². The van der Waals surface area contributed by atoms with Gasteiger partial charge < -0.3 is 15.0 Å². The van der Waals surface area contributed by atoms with Crippen LogP contribution >= 0.6 is 0 Å². The molecule has 0 atom stereocenters. The van der Waals surface area contributed by atoms with Crippen LogP contribution < -0.4 is 5.32 Å². The summed E-state index contributed by atoms with van der Waals surface area (Å²) < 4.78 is 44.7. The van der Waals surface area contributed by atoms with Crippen molar-refractivity contribution in [2.45, 2.75) is 25.8 Å². The molecule has 0 aromatic heterocycles. The summed E-state index contributed by atoms with van der Waals surface area (Å²) in [7, 11) is 0. The number of nitrogens with zero attached hydrogens (tertiary/aromatic N) is 1. The van der Waals surface area contributed by atoms with E-state index >= 15 is 0 Å². The van der Waals surface area contributed by atoms with Crippen LogP contribution in [0, 0.1) is 17.5 Å². The molecule has 7 heteroatoms. The molecule has 0 saturated carbocycles. The summed E-state index contributed by atoms with van der Waals surface area (Å²) in [6, 6.07) is 1.28. The molecule has 1 N–H and O–H groups in total. The van der Waals surface area contributed by atoms with Gasteiger partial charge in [-0.1, -0.05) is 0 Å². The quantitative estimate of drug-likeness (QED) is 0.872. The van der Waals surface area contributed by atoms with Gasteiger partial charge in [0.25, 0.3) is 0 Å². The SMILES string of the molecule is CCOC(=O)N1CCC(Nc2cc(F)cc(F)c2F)CC1. The molecule has 1 aromatic carbocycles. The zero-order valence-electron chi connectivity index (χ0n) is 11.7. The Hall–Kier alpha value is -1.92. The summed E-state index contributed by atoms with van der Waals surface area (Å²) in [6.45, 7) is 2.95. The maximum absolute atomic E-state index is 13.6. The van der Waals surface area contributed by atoms with Crippen molar-refractivity contribution in [2.24, 2.45) is 0 Å². The molecule has 2 rings (SSSR count). The van der Waals surface area contributed by atoms with Gasteiger partial charge in [0.15, 0.2) is 11.6 Å². The second-order valence-corrected chi connectivity index (χ2v) is 4.85. The largest absolute Gasteiger partial charge is 0.450 e. The number of carbonyl (C=O) groups excluding carboxylic acids is 1. The maximum Gasteiger partial charge on any atom is 0.409 e. The Labute approximate surface area is 120 Å². The Balaban J connectivity index is 1.93. The van der Waals surface area contributed by atoms with E-state index in [0.29, 0.717) is 38.6 Å². The zero-order chi connectivity index (χ0) is 15.4. The van der Waals surface area contributed by atoms with E-state index in [0.717, 1.165) is 6.07 Å². The van der Waals surface area contributed by atoms with Gasteiger partial charge in [0.2, 0.25) is 0 Å². The molecule has 1 amide bonds. The number of hydrogen-bond acceptors (Lipinski definition) is 3. The Bertz CT molecular complexity index is 517. The number of nitrogens with one attached hydrogen (secondary N) is 1. The van der Waals surface area contributed by atoms with Crippen molar-refractivity contribution in [1.82, 2.24) is 4.90 Å². The highest BCUT2D eigenvalue weighted by Crippen LogP contribution is 2.23. The molecule has 0 unspecified atom stereocenters. The lowest BCUT2D eigenvalue weighted by molar-refractivity contribution is 0.0983. The third kappa shape index (κ3) is 3.80. The van der Waals surface area contributed by atoms with Crippen molar-refractivity contribution in [3.63, 3.8) is 0 Å². The van der Waals surface area contributed by atoms with Gasteiger partial charge in [0, 0.05) is 31.3 Å². The number of carbonyl (C=O) groups is 1. The predicted molar refractivity (Wildman–Crippen MR) is 71.6 cm³/mol. The fraction of sp³-hybridized carbons (Fsp3) is 0.500. The number of amides is 1. The average Bonchev–Trinajstić information content (AvgIpc) is 2.45. The molecule has 116 valence electrons. The zero-order valence-corrected chi connectivity index (χ0v) is 11.7. The number of benzene rings is 1. The normalized spacial score (nSPS) is 15.9. The number of rotatable bonds is 3. The minimum absolute atomic E-state index is 0.147. The van der Waals surface area contributed by atoms with Crippen LogP contribution in [-0.2, 0) is 4.74 Å². The first-order chi connectivity index (χ1) is 10.0. The van der Waals surface area contributed by atoms with Crippen LogP contribution in [0.2, 0.25) is 0 Å². The van der Waals surface area contributed by atoms with Gasteiger partial charge in [0.1, 0.15) is 5.82 Å². The fourth-order valence-electron chi connectivity index (χ4n) is 2.30. The van der Waals surface area contributed by atoms with Crippen molar-refractivity contribution in [3.05, 3.63) is 29.6 Å². The summed E-state index contributed by atoms with van der Waals surface area (Å²) in [6.07, 6.45) is 0.728. The molecule has 1 aromatic rings. The van der Waals surface area contributed by atoms with Gasteiger partial charge in [-0.05, 0) is 19.8 Å². The van der Waals surface area contributed by atoms with Gasteiger partial charge in [-0.3, -0.25) is 0 Å². The molecule has 4 nitrogen and oxygen atoms in total. The van der Waals surface area contributed by atoms with Crippen LogP contribution in [0.3, 0.4) is 0 Å². The van der Waals surface area contributed by atoms with Gasteiger partial charge in [0.05, 0.1) is 12.3 Å². The van der Waals surface area contributed by atoms with Crippen molar-refractivity contribution in [1.29, 1.82) is 0 Å². The average molecular weight is 302 g/mol. The molecule has 1 heterocycles. The Kier molecular flexibility index (Phi) is 4.93. The molecule has 1 aliphatic heterocycles. The second kappa shape index (κ2) is 6.69. The van der Waals surface area contributed by atoms with Crippen LogP contribution in [0.4, 0.5) is 23.7 Å². The lowest BCUT2D eigenvalue weighted by Gasteiger charge is -2.32. The highest BCUT2D eigenvalue weighted by atomic mass is 19.2. The number of ether oxygens (including phenoxy) is 1. The molecule has 1 fully saturated rings. The minimum atomic E-state index is -1.22. The summed E-state index contributed by atoms with van der Waals surface area (Å²) in [5.41, 5.74) is -0.193. The van der Waals surface area contributed by atoms with Crippen LogP contribution in [0.15, 0.2) is 12.1 Å². The van der Waals surface area contributed by atoms with Crippen molar-refractivity contribution >= 4 is 11.8 Å². The van der Waals surface area contributed by atoms with E-state index in [1.165, 1.54) is 0 Å². The van der Waals surface area contributed by atoms with E-state index in [9.17, 15) is 18.0 Å². The summed E-state index contributed by atoms with van der Waals surface area (Å²) >= 11 is 0. The lowest BCUT2D eigenvalue weighted by atomic mass is 10.0. The number of halogens is 3. The number of hydrogen-bond donors (Lipinski definition) is 1. The van der Waals surface area contributed by atoms with Gasteiger partial charge in [-0.15, -0.1) is 0 Å². The van der Waals surface area contributed by atoms with Crippen molar-refractivity contribution in [2.75, 3.05) is 25.0 Å². The topological polar surface area (TPSA) is 41.6 Å². The second-order valence-electron chi connectivity index (χ2n) is 4.85. The summed E-state index contributed by atoms with van der Waals surface area (Å²) in [5, 5.41) is 2.79. The molecule has 1 saturated heterocycles. The monoisotopic (exact) mass is 302 g/mol. The first kappa shape index (κ1) is 15.5. The summed E-state index contributed by atoms with van der Waals surface area (Å²) in [4.78, 5) is 13.1. The van der Waals surface area contributed by atoms with Crippen LogP contribution in [-0.4, -0.2) is 36.7 Å². The molecular weight excluding hydrogens is 285 g/mol. The first-order valence-corrected chi connectivity index (χ1v) is 6.84. The fourth-order valence-corrected chi connectivity index (χ4v) is 2.30. The first-order valence-electron chi connectivity index (χ1n) is 6.84. The highest BCUT2D eigenvalue weighted by molar-refractivity contribution is 5.67. The Morgan fingerprint density at radius 1 is 1.33 bits per heavy atom. The molecule has 1 aliphatic rings. The van der Waals surface area contributed by atoms with E-state index in [1.54, 1.807) is 11.8 Å². The molecule has 0 radical (unpaired) electrons. The van der Waals surface area contributed by atoms with Gasteiger partial charge in [-0.2, -0.15) is 0 Å². The van der Waals surface area contributed by atoms with E-state index in [-0.39, 0.29) is 17.8 Å². The smallest absolute Gasteiger partial charge is 0.409 e. The predicted octanol–water partition coefficient (Wildman–Crippen LogP) is 3.14. The number of piperidine rings is 1. The highest BCUT2D eigenvalue weighted by Gasteiger charge is 2.24. The van der Waals surface area contributed by atoms with E-state index in [2.05, 4.69) is 5.32 Å². The van der Waals surface area contributed by atoms with Crippen LogP contribution in [0.25, 0.3) is 0 Å². The van der Waals surface area contributed by atoms with E-state index in [4.69, 9.17) is 4.74 Å². The van der Waals surface area contributed by atoms with Crippen molar-refractivity contribution in [3.8, 4) is 0 Å². The number of likely N-dealkylation sites (tertiary alicyclic amines) is 1. The number of anilines is 1. The third-order valence-electron chi connectivity index (χ3n) is 3.37. The summed E-state index contributed by atoms with van der Waals surface area (Å²) in [5.74, 6) is -3.15. The van der Waals surface area contributed by atoms with Crippen molar-refractivity contribution < 1.29 is 22.7 Å². The molecular formula is C14H17F3N2O2. The Morgan fingerprint density at radius 3 is 2.62 bits per heavy atom. The van der Waals surface area contributed by atoms with Crippen LogP contribution in [0.5, 0.6) is 0 Å². The third-order valence-corrected chi connectivity index (χ3v) is 3.37. The van der Waals surface area contributed by atoms with Crippen LogP contribution in [0.1, 0.15) is 19.8 Å². The van der Waals surface area contributed by atoms with Gasteiger partial charge in [-0.25, -0.2) is 18.0 Å². The Morgan fingerprint density at radius 2 is 2.00 bits per heavy atom. The van der Waals surface area contributed by atoms with E-state index < -0.39 is 17.5 Å². The molecule has 0 bridgehead atoms. The minimum Gasteiger partial charge on any atom is -0.450 e. The molecule has 0 spiro atoms. The molecule has 21 heavy (non-hydrogen) atoms. The maximum atomic E-state index is 13.6.